The van der Waals surface area contributed by atoms with E-state index in [0.717, 1.165) is 64.8 Å². The van der Waals surface area contributed by atoms with Gasteiger partial charge in [-0.3, -0.25) is 0 Å². The van der Waals surface area contributed by atoms with Crippen LogP contribution in [0.3, 0.4) is 0 Å². The van der Waals surface area contributed by atoms with Crippen LogP contribution < -0.4 is 10.1 Å². The summed E-state index contributed by atoms with van der Waals surface area (Å²) in [6, 6.07) is 27.3. The number of halogens is 2. The van der Waals surface area contributed by atoms with Gasteiger partial charge >= 0.3 is 261 Å². The second-order valence-corrected chi connectivity index (χ2v) is 13.1. The van der Waals surface area contributed by atoms with Gasteiger partial charge in [0.15, 0.2) is 0 Å². The maximum absolute atomic E-state index is 14.4. The van der Waals surface area contributed by atoms with Crippen molar-refractivity contribution in [1.82, 2.24) is 19.4 Å². The van der Waals surface area contributed by atoms with Crippen LogP contribution in [0.2, 0.25) is 10.0 Å². The Balaban J connectivity index is 1.29. The Morgan fingerprint density at radius 1 is 1.00 bits per heavy atom. The van der Waals surface area contributed by atoms with E-state index in [1.807, 2.05) is 66.7 Å². The van der Waals surface area contributed by atoms with E-state index in [1.165, 1.54) is 12.8 Å². The van der Waals surface area contributed by atoms with Gasteiger partial charge in [-0.25, -0.2) is 0 Å². The molecule has 0 aliphatic carbocycles. The van der Waals surface area contributed by atoms with E-state index in [-0.39, 0.29) is 11.9 Å². The van der Waals surface area contributed by atoms with E-state index in [4.69, 9.17) is 27.9 Å². The van der Waals surface area contributed by atoms with E-state index < -0.39 is 0 Å². The number of H-pyrrole nitrogens is 1. The van der Waals surface area contributed by atoms with Crippen molar-refractivity contribution in [2.24, 2.45) is 0 Å². The maximum atomic E-state index is 14.4. The summed E-state index contributed by atoms with van der Waals surface area (Å²) in [4.78, 5) is 24.7. The number of fused-ring (bicyclic) bond motifs is 1. The van der Waals surface area contributed by atoms with Gasteiger partial charge in [0.1, 0.15) is 0 Å². The number of hydrogen-bond donors (Lipinski definition) is 2. The molecule has 242 valence electrons. The fourth-order valence-electron chi connectivity index (χ4n) is 6.62. The Kier molecular flexibility index (Phi) is 9.66. The molecule has 0 saturated carbocycles. The molecular formula is C38H36BCl2N5O2. The van der Waals surface area contributed by atoms with Crippen molar-refractivity contribution in [2.45, 2.75) is 32.2 Å². The van der Waals surface area contributed by atoms with Crippen LogP contribution in [0.4, 0.5) is 5.69 Å². The molecule has 10 heteroatoms. The minimum absolute atomic E-state index is 0.0678. The third-order valence-corrected chi connectivity index (χ3v) is 9.56. The molecule has 3 aromatic carbocycles. The molecule has 1 aliphatic heterocycles. The van der Waals surface area contributed by atoms with Crippen molar-refractivity contribution < 1.29 is 9.53 Å². The van der Waals surface area contributed by atoms with Crippen LogP contribution in [0.15, 0.2) is 97.2 Å². The van der Waals surface area contributed by atoms with Crippen LogP contribution in [0.5, 0.6) is 5.88 Å². The predicted molar refractivity (Wildman–Crippen MR) is 197 cm³/mol. The number of carbonyl (C=O) groups excluding carboxylic acids is 1. The Morgan fingerprint density at radius 2 is 1.77 bits per heavy atom. The molecule has 0 spiro atoms. The monoisotopic (exact) mass is 675 g/mol. The summed E-state index contributed by atoms with van der Waals surface area (Å²) < 4.78 is 8.32. The third kappa shape index (κ3) is 6.79. The van der Waals surface area contributed by atoms with E-state index >= 15 is 0 Å². The first-order valence-corrected chi connectivity index (χ1v) is 17.2. The fraction of sp³-hybridized carbons (Fsp3) is 0.237. The summed E-state index contributed by atoms with van der Waals surface area (Å²) in [6.07, 6.45) is 7.18. The molecule has 1 fully saturated rings. The number of ether oxygens (including phenoxy) is 1. The van der Waals surface area contributed by atoms with Crippen molar-refractivity contribution in [2.75, 3.05) is 31.6 Å². The standard InChI is InChI=1S/C38H36BCl2N5O2/c1-25(26-12-14-28(40)15-13-26)46-24-39-34(27-9-3-2-4-10-27)36(46)33-30-17-16-29(41)23-32(30)43-35(33)37(47)44-31-11-7-18-42-38(31)48-22-8-21-45-19-5-6-20-45/h2-4,7,9-18,23-25,43H,5-6,8,19-22H2,1H3,(H,44,47). The molecule has 3 aromatic heterocycles. The second-order valence-electron chi connectivity index (χ2n) is 12.2. The summed E-state index contributed by atoms with van der Waals surface area (Å²) >= 11 is 12.7. The summed E-state index contributed by atoms with van der Waals surface area (Å²) in [5.41, 5.74) is 6.51. The third-order valence-electron chi connectivity index (χ3n) is 9.07. The number of carbonyl (C=O) groups is 1. The average Bonchev–Trinajstić information content (AvgIpc) is 3.86. The molecule has 0 radical (unpaired) electrons. The van der Waals surface area contributed by atoms with Crippen molar-refractivity contribution in [3.63, 3.8) is 0 Å². The summed E-state index contributed by atoms with van der Waals surface area (Å²) in [7, 11) is 0. The molecule has 48 heavy (non-hydrogen) atoms. The van der Waals surface area contributed by atoms with E-state index in [0.29, 0.717) is 33.9 Å². The van der Waals surface area contributed by atoms with E-state index in [2.05, 4.69) is 56.8 Å². The molecule has 1 atom stereocenters. The molecule has 1 unspecified atom stereocenters. The zero-order valence-electron chi connectivity index (χ0n) is 26.8. The van der Waals surface area contributed by atoms with Crippen LogP contribution in [0.25, 0.3) is 33.2 Å². The Labute approximate surface area is 291 Å². The van der Waals surface area contributed by atoms with Crippen molar-refractivity contribution in [3.8, 4) is 28.2 Å². The van der Waals surface area contributed by atoms with Gasteiger partial charge in [-0.05, 0) is 25.9 Å². The molecule has 1 saturated heterocycles. The zero-order valence-corrected chi connectivity index (χ0v) is 28.3. The summed E-state index contributed by atoms with van der Waals surface area (Å²) in [5, 5.41) is 5.25. The molecule has 6 aromatic rings. The van der Waals surface area contributed by atoms with Crippen LogP contribution in [0, 0.1) is 0 Å². The predicted octanol–water partition coefficient (Wildman–Crippen LogP) is 9.07. The summed E-state index contributed by atoms with van der Waals surface area (Å²) in [6.45, 7) is 8.07. The van der Waals surface area contributed by atoms with Gasteiger partial charge in [0.2, 0.25) is 0 Å². The van der Waals surface area contributed by atoms with Crippen LogP contribution in [-0.2, 0) is 0 Å². The number of aromatic nitrogens is 3. The van der Waals surface area contributed by atoms with Crippen molar-refractivity contribution in [3.05, 3.63) is 119 Å². The van der Waals surface area contributed by atoms with Crippen LogP contribution in [0.1, 0.15) is 48.3 Å². The molecule has 1 aliphatic rings. The van der Waals surface area contributed by atoms with Crippen molar-refractivity contribution >= 4 is 52.6 Å². The van der Waals surface area contributed by atoms with E-state index in [9.17, 15) is 4.79 Å². The number of benzene rings is 3. The number of nitrogens with one attached hydrogen (secondary N) is 2. The van der Waals surface area contributed by atoms with Crippen LogP contribution in [-0.4, -0.2) is 58.5 Å². The quantitative estimate of drug-likeness (QED) is 0.134. The number of nitrogens with zero attached hydrogens (tertiary/aromatic N) is 3. The number of pyridine rings is 1. The molecular weight excluding hydrogens is 640 g/mol. The van der Waals surface area contributed by atoms with Gasteiger partial charge in [-0.2, -0.15) is 0 Å². The normalized spacial score (nSPS) is 13.9. The number of rotatable bonds is 11. The zero-order chi connectivity index (χ0) is 33.0. The summed E-state index contributed by atoms with van der Waals surface area (Å²) in [5.74, 6) is 0.0934. The van der Waals surface area contributed by atoms with Gasteiger partial charge in [-0.15, -0.1) is 0 Å². The van der Waals surface area contributed by atoms with Gasteiger partial charge in [0.05, 0.1) is 0 Å². The first kappa shape index (κ1) is 32.2. The fourth-order valence-corrected chi connectivity index (χ4v) is 6.92. The van der Waals surface area contributed by atoms with Gasteiger partial charge < -0.3 is 4.90 Å². The SMILES string of the molecule is CC(c1ccc(Cl)cc1)n1cbc(-c2ccccc2)c1-c1c(C(=O)Nc2cccnc2OCCCN2CCCC2)[nH]c2cc(Cl)ccc12. The Morgan fingerprint density at radius 3 is 2.56 bits per heavy atom. The van der Waals surface area contributed by atoms with Gasteiger partial charge in [0, 0.05) is 0 Å². The average molecular weight is 676 g/mol. The topological polar surface area (TPSA) is 75.2 Å². The number of hydrogen-bond acceptors (Lipinski definition) is 4. The van der Waals surface area contributed by atoms with Gasteiger partial charge in [0.25, 0.3) is 0 Å². The van der Waals surface area contributed by atoms with Crippen molar-refractivity contribution in [1.29, 1.82) is 0 Å². The number of anilines is 1. The molecule has 7 rings (SSSR count). The Hall–Kier alpha value is -4.37. The molecule has 0 bridgehead atoms. The number of likely N-dealkylation sites (tertiary alicyclic amines) is 1. The molecule has 2 N–H and O–H groups in total. The number of aromatic amines is 1. The molecule has 1 amide bonds. The van der Waals surface area contributed by atoms with E-state index in [1.54, 1.807) is 12.3 Å². The second kappa shape index (κ2) is 14.4. The molecule has 7 nitrogen and oxygen atoms in total. The molecule has 4 heterocycles. The Bertz CT molecular complexity index is 2040. The minimum atomic E-state index is -0.307. The van der Waals surface area contributed by atoms with Crippen LogP contribution >= 0.6 is 23.2 Å². The van der Waals surface area contributed by atoms with Gasteiger partial charge in [-0.1, -0.05) is 0 Å². The first-order chi connectivity index (χ1) is 23.5. The number of amides is 1. The first-order valence-electron chi connectivity index (χ1n) is 16.4.